The summed E-state index contributed by atoms with van der Waals surface area (Å²) in [6.07, 6.45) is -3.55. The number of halogens is 3. The smallest absolute Gasteiger partial charge is 0.287 e. The van der Waals surface area contributed by atoms with Gasteiger partial charge in [0.2, 0.25) is 5.78 Å². The number of rotatable bonds is 5. The van der Waals surface area contributed by atoms with Crippen molar-refractivity contribution in [2.45, 2.75) is 18.0 Å². The number of ketones is 2. The average molecular weight is 401 g/mol. The molecule has 1 aromatic carbocycles. The Bertz CT molecular complexity index is 966. The molecule has 0 bridgehead atoms. The molecule has 0 aliphatic carbocycles. The van der Waals surface area contributed by atoms with Crippen LogP contribution in [0.15, 0.2) is 62.8 Å². The van der Waals surface area contributed by atoms with Gasteiger partial charge in [-0.15, -0.1) is 11.3 Å². The summed E-state index contributed by atoms with van der Waals surface area (Å²) >= 11 is 0.896. The maximum absolute atomic E-state index is 12.8. The minimum absolute atomic E-state index is 0.0398. The Morgan fingerprint density at radius 3 is 2.27 bits per heavy atom. The molecule has 1 heterocycles. The summed E-state index contributed by atoms with van der Waals surface area (Å²) in [5.74, 6) is -3.43. The van der Waals surface area contributed by atoms with Crippen LogP contribution < -0.4 is 0 Å². The molecule has 9 heteroatoms. The van der Waals surface area contributed by atoms with Crippen molar-refractivity contribution in [3.63, 3.8) is 0 Å². The van der Waals surface area contributed by atoms with Gasteiger partial charge < -0.3 is 0 Å². The van der Waals surface area contributed by atoms with Crippen LogP contribution in [0, 0.1) is 6.92 Å². The molecule has 2 aromatic rings. The summed E-state index contributed by atoms with van der Waals surface area (Å²) in [6.45, 7) is 1.82. The Balaban J connectivity index is 2.54. The Morgan fingerprint density at radius 1 is 1.15 bits per heavy atom. The van der Waals surface area contributed by atoms with E-state index in [9.17, 15) is 27.0 Å². The minimum Gasteiger partial charge on any atom is -0.287 e. The van der Waals surface area contributed by atoms with Gasteiger partial charge in [0.05, 0.1) is 26.4 Å². The fourth-order valence-electron chi connectivity index (χ4n) is 1.92. The molecule has 4 nitrogen and oxygen atoms in total. The Labute approximate surface area is 152 Å². The van der Waals surface area contributed by atoms with Crippen molar-refractivity contribution >= 4 is 32.6 Å². The largest absolute Gasteiger partial charge is 0.455 e. The third kappa shape index (κ3) is 4.67. The number of benzene rings is 1. The van der Waals surface area contributed by atoms with Gasteiger partial charge in [-0.3, -0.25) is 9.59 Å². The Kier molecular flexibility index (Phi) is 5.82. The van der Waals surface area contributed by atoms with E-state index in [1.807, 2.05) is 6.92 Å². The molecule has 0 N–H and O–H groups in total. The van der Waals surface area contributed by atoms with E-state index >= 15 is 0 Å². The first-order chi connectivity index (χ1) is 12.0. The average Bonchev–Trinajstić information content (AvgIpc) is 3.08. The second kappa shape index (κ2) is 7.55. The molecular formula is C17H14F3NO3S2. The molecule has 0 spiro atoms. The molecule has 138 valence electrons. The lowest BCUT2D eigenvalue weighted by molar-refractivity contribution is -0.166. The molecule has 0 amide bonds. The molecule has 1 atom stereocenters. The van der Waals surface area contributed by atoms with Crippen LogP contribution in [-0.4, -0.2) is 28.2 Å². The number of thiophene rings is 1. The van der Waals surface area contributed by atoms with E-state index in [0.717, 1.165) is 16.9 Å². The van der Waals surface area contributed by atoms with E-state index < -0.39 is 33.0 Å². The molecule has 0 aliphatic rings. The van der Waals surface area contributed by atoms with Crippen molar-refractivity contribution in [1.82, 2.24) is 0 Å². The number of allylic oxidation sites excluding steroid dienone is 1. The second-order valence-corrected chi connectivity index (χ2v) is 8.63. The highest BCUT2D eigenvalue weighted by atomic mass is 32.2. The van der Waals surface area contributed by atoms with Crippen molar-refractivity contribution in [3.05, 3.63) is 64.0 Å². The third-order valence-electron chi connectivity index (χ3n) is 3.33. The maximum atomic E-state index is 12.8. The van der Waals surface area contributed by atoms with E-state index in [0.29, 0.717) is 6.20 Å². The zero-order chi connectivity index (χ0) is 19.5. The number of hydrogen-bond donors (Lipinski definition) is 0. The van der Waals surface area contributed by atoms with Crippen LogP contribution in [0.3, 0.4) is 0 Å². The summed E-state index contributed by atoms with van der Waals surface area (Å²) in [7, 11) is -3.12. The monoisotopic (exact) mass is 401 g/mol. The number of carbonyl (C=O) groups excluding carboxylic acids is 2. The van der Waals surface area contributed by atoms with Gasteiger partial charge in [0.1, 0.15) is 0 Å². The van der Waals surface area contributed by atoms with Gasteiger partial charge in [0, 0.05) is 11.2 Å². The Hall–Kier alpha value is -2.26. The van der Waals surface area contributed by atoms with Gasteiger partial charge in [0.15, 0.2) is 0 Å². The standard InChI is InChI=1S/C17H14F3NO3S2/c1-11-5-7-12(8-6-11)26(2,24)21-10-13(16(23)17(18,19)20)15(22)14-4-3-9-25-14/h3-10H,1-2H3. The highest BCUT2D eigenvalue weighted by Crippen LogP contribution is 2.25. The number of carbonyl (C=O) groups is 2. The van der Waals surface area contributed by atoms with Gasteiger partial charge in [-0.1, -0.05) is 23.8 Å². The Morgan fingerprint density at radius 2 is 1.77 bits per heavy atom. The van der Waals surface area contributed by atoms with Crippen LogP contribution in [-0.2, 0) is 14.5 Å². The molecule has 26 heavy (non-hydrogen) atoms. The lowest BCUT2D eigenvalue weighted by atomic mass is 10.1. The van der Waals surface area contributed by atoms with Crippen LogP contribution >= 0.6 is 11.3 Å². The summed E-state index contributed by atoms with van der Waals surface area (Å²) < 4.78 is 54.8. The topological polar surface area (TPSA) is 63.6 Å². The first-order valence-corrected chi connectivity index (χ1v) is 10.0. The number of hydrogen-bond acceptors (Lipinski definition) is 5. The SMILES string of the molecule is Cc1ccc(S(C)(=O)=NC=C(C(=O)c2cccs2)C(=O)C(F)(F)F)cc1. The van der Waals surface area contributed by atoms with Crippen LogP contribution in [0.2, 0.25) is 0 Å². The lowest BCUT2D eigenvalue weighted by Gasteiger charge is -2.08. The quantitative estimate of drug-likeness (QED) is 0.323. The first-order valence-electron chi connectivity index (χ1n) is 7.20. The van der Waals surface area contributed by atoms with Gasteiger partial charge in [-0.05, 0) is 30.5 Å². The third-order valence-corrected chi connectivity index (χ3v) is 5.86. The normalized spacial score (nSPS) is 14.6. The van der Waals surface area contributed by atoms with Gasteiger partial charge in [-0.2, -0.15) is 13.2 Å². The maximum Gasteiger partial charge on any atom is 0.455 e. The molecule has 0 aliphatic heterocycles. The van der Waals surface area contributed by atoms with Gasteiger partial charge in [-0.25, -0.2) is 8.57 Å². The van der Waals surface area contributed by atoms with Gasteiger partial charge in [0.25, 0.3) is 5.78 Å². The molecule has 1 aromatic heterocycles. The predicted molar refractivity (Wildman–Crippen MR) is 93.7 cm³/mol. The molecule has 0 saturated carbocycles. The van der Waals surface area contributed by atoms with Crippen molar-refractivity contribution < 1.29 is 27.0 Å². The van der Waals surface area contributed by atoms with Crippen LogP contribution in [0.5, 0.6) is 0 Å². The van der Waals surface area contributed by atoms with Crippen molar-refractivity contribution in [2.75, 3.05) is 6.26 Å². The van der Waals surface area contributed by atoms with Crippen molar-refractivity contribution in [1.29, 1.82) is 0 Å². The van der Waals surface area contributed by atoms with E-state index in [1.54, 1.807) is 12.1 Å². The fraction of sp³-hybridized carbons (Fsp3) is 0.176. The van der Waals surface area contributed by atoms with E-state index in [-0.39, 0.29) is 9.77 Å². The zero-order valence-electron chi connectivity index (χ0n) is 13.7. The summed E-state index contributed by atoms with van der Waals surface area (Å²) in [5.41, 5.74) is -0.262. The predicted octanol–water partition coefficient (Wildman–Crippen LogP) is 4.41. The molecule has 0 radical (unpaired) electrons. The zero-order valence-corrected chi connectivity index (χ0v) is 15.4. The number of Topliss-reactive ketones (excluding diaryl/α,β-unsaturated/α-hetero) is 2. The molecular weight excluding hydrogens is 387 g/mol. The second-order valence-electron chi connectivity index (χ2n) is 5.40. The van der Waals surface area contributed by atoms with E-state index in [2.05, 4.69) is 4.36 Å². The summed E-state index contributed by atoms with van der Waals surface area (Å²) in [6, 6.07) is 9.18. The van der Waals surface area contributed by atoms with E-state index in [1.165, 1.54) is 35.9 Å². The number of nitrogens with zero attached hydrogens (tertiary/aromatic N) is 1. The lowest BCUT2D eigenvalue weighted by Crippen LogP contribution is -2.28. The molecule has 2 rings (SSSR count). The van der Waals surface area contributed by atoms with Gasteiger partial charge >= 0.3 is 6.18 Å². The highest BCUT2D eigenvalue weighted by molar-refractivity contribution is 7.93. The van der Waals surface area contributed by atoms with Crippen molar-refractivity contribution in [3.8, 4) is 0 Å². The van der Waals surface area contributed by atoms with Crippen LogP contribution in [0.4, 0.5) is 13.2 Å². The number of aryl methyl sites for hydroxylation is 1. The molecule has 0 fully saturated rings. The van der Waals surface area contributed by atoms with Crippen LogP contribution in [0.1, 0.15) is 15.2 Å². The van der Waals surface area contributed by atoms with E-state index in [4.69, 9.17) is 0 Å². The van der Waals surface area contributed by atoms with Crippen LogP contribution in [0.25, 0.3) is 0 Å². The number of alkyl halides is 3. The first kappa shape index (κ1) is 20.1. The molecule has 0 saturated heterocycles. The fourth-order valence-corrected chi connectivity index (χ4v) is 3.67. The summed E-state index contributed by atoms with van der Waals surface area (Å²) in [4.78, 5) is 24.1. The highest BCUT2D eigenvalue weighted by Gasteiger charge is 2.43. The van der Waals surface area contributed by atoms with Crippen molar-refractivity contribution in [2.24, 2.45) is 4.36 Å². The molecule has 1 unspecified atom stereocenters. The summed E-state index contributed by atoms with van der Waals surface area (Å²) in [5, 5.41) is 1.50. The minimum atomic E-state index is -5.24.